The van der Waals surface area contributed by atoms with E-state index in [0.717, 1.165) is 28.5 Å². The monoisotopic (exact) mass is 640 g/mol. The lowest BCUT2D eigenvalue weighted by Gasteiger charge is -2.53. The molecular weight excluding hydrogens is 604 g/mol. The molecule has 4 saturated carbocycles. The number of para-hydroxylation sites is 1. The smallest absolute Gasteiger partial charge is 0.266 e. The van der Waals surface area contributed by atoms with Gasteiger partial charge in [-0.1, -0.05) is 84.4 Å². The van der Waals surface area contributed by atoms with Crippen molar-refractivity contribution >= 4 is 35.2 Å². The summed E-state index contributed by atoms with van der Waals surface area (Å²) in [6.45, 7) is 0. The number of rotatable bonds is 7. The van der Waals surface area contributed by atoms with Gasteiger partial charge < -0.3 is 9.84 Å². The Balaban J connectivity index is 1.35. The second kappa shape index (κ2) is 12.5. The number of anilines is 1. The molecule has 0 spiro atoms. The molecule has 0 radical (unpaired) electrons. The van der Waals surface area contributed by atoms with Crippen LogP contribution in [-0.4, -0.2) is 23.0 Å². The van der Waals surface area contributed by atoms with E-state index in [0.29, 0.717) is 46.3 Å². The number of nitrogens with zero attached hydrogens (tertiary/aromatic N) is 2. The summed E-state index contributed by atoms with van der Waals surface area (Å²) in [6, 6.07) is 34.4. The molecule has 0 saturated heterocycles. The lowest BCUT2D eigenvalue weighted by atomic mass is 9.54. The zero-order valence-electron chi connectivity index (χ0n) is 26.1. The minimum Gasteiger partial charge on any atom is -0.507 e. The van der Waals surface area contributed by atoms with Crippen LogP contribution in [0.3, 0.4) is 0 Å². The van der Waals surface area contributed by atoms with Crippen molar-refractivity contribution in [3.8, 4) is 5.75 Å². The first kappa shape index (κ1) is 29.8. The number of halogens is 1. The fourth-order valence-electron chi connectivity index (χ4n) is 8.52. The zero-order valence-corrected chi connectivity index (χ0v) is 26.9. The summed E-state index contributed by atoms with van der Waals surface area (Å²) in [5.41, 5.74) is 4.37. The average Bonchev–Trinajstić information content (AvgIpc) is 3.39. The van der Waals surface area contributed by atoms with E-state index < -0.39 is 0 Å². The highest BCUT2D eigenvalue weighted by Crippen LogP contribution is 2.55. The number of ether oxygens (including phenoxy) is 1. The molecule has 9 rings (SSSR count). The normalized spacial score (nSPS) is 26.2. The van der Waals surface area contributed by atoms with Crippen LogP contribution in [0.5, 0.6) is 5.75 Å². The molecule has 1 amide bonds. The molecule has 4 aromatic carbocycles. The summed E-state index contributed by atoms with van der Waals surface area (Å²) in [5, 5.41) is 11.5. The molecule has 4 bridgehead atoms. The van der Waals surface area contributed by atoms with Crippen LogP contribution in [0.1, 0.15) is 53.6 Å². The Morgan fingerprint density at radius 2 is 1.43 bits per heavy atom. The minimum atomic E-state index is -0.367. The lowest BCUT2D eigenvalue weighted by molar-refractivity contribution is 0.000720. The summed E-state index contributed by atoms with van der Waals surface area (Å²) >= 11 is 6.36. The first-order valence-electron chi connectivity index (χ1n) is 16.7. The number of amides is 1. The molecule has 1 heterocycles. The third kappa shape index (κ3) is 5.89. The number of allylic oxidation sites excluding steroid dienone is 1. The number of phenols is 1. The molecule has 5 nitrogen and oxygen atoms in total. The first-order valence-corrected chi connectivity index (χ1v) is 17.1. The van der Waals surface area contributed by atoms with Crippen LogP contribution in [0.15, 0.2) is 131 Å². The summed E-state index contributed by atoms with van der Waals surface area (Å²) in [6.07, 6.45) is 8.80. The van der Waals surface area contributed by atoms with Gasteiger partial charge in [0.2, 0.25) is 5.90 Å². The molecule has 4 aromatic rings. The van der Waals surface area contributed by atoms with E-state index in [2.05, 4.69) is 12.1 Å². The van der Waals surface area contributed by atoms with Gasteiger partial charge in [-0.05, 0) is 109 Å². The predicted molar refractivity (Wildman–Crippen MR) is 187 cm³/mol. The predicted octanol–water partition coefficient (Wildman–Crippen LogP) is 9.48. The van der Waals surface area contributed by atoms with Crippen LogP contribution >= 0.6 is 11.6 Å². The van der Waals surface area contributed by atoms with Crippen molar-refractivity contribution < 1.29 is 14.6 Å². The fraction of sp³-hybridized carbons (Fsp3) is 0.268. The number of hydrogen-bond donors (Lipinski definition) is 1. The van der Waals surface area contributed by atoms with Crippen LogP contribution in [0.25, 0.3) is 6.08 Å². The van der Waals surface area contributed by atoms with E-state index in [1.807, 2.05) is 66.7 Å². The van der Waals surface area contributed by atoms with E-state index in [1.165, 1.54) is 32.1 Å². The molecule has 4 fully saturated rings. The largest absolute Gasteiger partial charge is 0.507 e. The molecule has 0 atom stereocenters. The Morgan fingerprint density at radius 1 is 0.809 bits per heavy atom. The Bertz CT molecular complexity index is 1850. The van der Waals surface area contributed by atoms with Gasteiger partial charge in [-0.2, -0.15) is 0 Å². The number of phenolic OH excluding ortho intramolecular Hbond substituents is 1. The molecule has 1 aliphatic heterocycles. The van der Waals surface area contributed by atoms with Crippen LogP contribution < -0.4 is 4.90 Å². The van der Waals surface area contributed by atoms with Gasteiger partial charge in [0.15, 0.2) is 0 Å². The standard InChI is InChI=1S/C41H37ClN2O3/c42-32-15-17-33(18-16-32)44(41(46)34-13-7-8-14-36(34)45)39-35(24-26-9-3-1-4-10-26)37(25-27-11-5-2-6-12-27)47-40(39)43-38-30-20-28-19-29(22-30)23-31(38)21-28/h1-18,25,28-31,38,45H,19-24H2/b37-25-,43-40?. The molecule has 5 aliphatic rings. The van der Waals surface area contributed by atoms with Gasteiger partial charge in [-0.25, -0.2) is 4.99 Å². The third-order valence-corrected chi connectivity index (χ3v) is 10.7. The molecule has 1 N–H and O–H groups in total. The van der Waals surface area contributed by atoms with Crippen LogP contribution in [0.4, 0.5) is 5.69 Å². The van der Waals surface area contributed by atoms with Crippen molar-refractivity contribution in [3.05, 3.63) is 148 Å². The SMILES string of the molecule is O=C(c1ccccc1O)N(C1=C(Cc2ccccc2)/C(=C/c2ccccc2)OC1=NC1C2CC3CC(C2)CC1C3)c1ccc(Cl)cc1. The van der Waals surface area contributed by atoms with Gasteiger partial charge in [0.1, 0.15) is 17.2 Å². The van der Waals surface area contributed by atoms with Crippen molar-refractivity contribution in [2.24, 2.45) is 28.7 Å². The summed E-state index contributed by atoms with van der Waals surface area (Å²) < 4.78 is 6.87. The van der Waals surface area contributed by atoms with Crippen LogP contribution in [0.2, 0.25) is 5.02 Å². The van der Waals surface area contributed by atoms with Gasteiger partial charge >= 0.3 is 0 Å². The molecular formula is C41H37ClN2O3. The molecule has 6 heteroatoms. The van der Waals surface area contributed by atoms with Crippen molar-refractivity contribution in [1.82, 2.24) is 0 Å². The van der Waals surface area contributed by atoms with Crippen LogP contribution in [0, 0.1) is 23.7 Å². The lowest BCUT2D eigenvalue weighted by Crippen LogP contribution is -2.48. The van der Waals surface area contributed by atoms with E-state index in [9.17, 15) is 9.90 Å². The third-order valence-electron chi connectivity index (χ3n) is 10.4. The van der Waals surface area contributed by atoms with E-state index in [4.69, 9.17) is 21.3 Å². The summed E-state index contributed by atoms with van der Waals surface area (Å²) in [4.78, 5) is 21.9. The van der Waals surface area contributed by atoms with Gasteiger partial charge in [0.05, 0.1) is 11.6 Å². The van der Waals surface area contributed by atoms with Gasteiger partial charge in [-0.3, -0.25) is 9.69 Å². The number of hydrogen-bond acceptors (Lipinski definition) is 4. The summed E-state index contributed by atoms with van der Waals surface area (Å²) in [7, 11) is 0. The first-order chi connectivity index (χ1) is 23.0. The Hall–Kier alpha value is -4.61. The number of carbonyl (C=O) groups excluding carboxylic acids is 1. The number of aliphatic imine (C=N–C) groups is 1. The van der Waals surface area contributed by atoms with E-state index in [1.54, 1.807) is 41.3 Å². The van der Waals surface area contributed by atoms with Crippen LogP contribution in [-0.2, 0) is 11.2 Å². The highest BCUT2D eigenvalue weighted by atomic mass is 35.5. The van der Waals surface area contributed by atoms with Crippen molar-refractivity contribution in [3.63, 3.8) is 0 Å². The molecule has 0 aromatic heterocycles. The van der Waals surface area contributed by atoms with E-state index >= 15 is 0 Å². The second-order valence-electron chi connectivity index (χ2n) is 13.5. The maximum absolute atomic E-state index is 14.8. The molecule has 236 valence electrons. The Morgan fingerprint density at radius 3 is 2.09 bits per heavy atom. The topological polar surface area (TPSA) is 62.1 Å². The minimum absolute atomic E-state index is 0.0832. The van der Waals surface area contributed by atoms with Gasteiger partial charge in [0.25, 0.3) is 5.91 Å². The highest BCUT2D eigenvalue weighted by molar-refractivity contribution is 6.30. The summed E-state index contributed by atoms with van der Waals surface area (Å²) in [5.74, 6) is 3.36. The zero-order chi connectivity index (χ0) is 31.9. The van der Waals surface area contributed by atoms with Crippen molar-refractivity contribution in [2.75, 3.05) is 4.90 Å². The van der Waals surface area contributed by atoms with Crippen molar-refractivity contribution in [2.45, 2.75) is 44.6 Å². The number of carbonyl (C=O) groups is 1. The highest BCUT2D eigenvalue weighted by Gasteiger charge is 2.49. The average molecular weight is 641 g/mol. The maximum atomic E-state index is 14.8. The van der Waals surface area contributed by atoms with Crippen molar-refractivity contribution in [1.29, 1.82) is 0 Å². The van der Waals surface area contributed by atoms with E-state index in [-0.39, 0.29) is 23.3 Å². The Kier molecular flexibility index (Phi) is 7.94. The number of aromatic hydroxyl groups is 1. The van der Waals surface area contributed by atoms with Gasteiger partial charge in [0, 0.05) is 22.7 Å². The molecule has 47 heavy (non-hydrogen) atoms. The fourth-order valence-corrected chi connectivity index (χ4v) is 8.65. The molecule has 4 aliphatic carbocycles. The number of benzene rings is 4. The van der Waals surface area contributed by atoms with Gasteiger partial charge in [-0.15, -0.1) is 0 Å². The quantitative estimate of drug-likeness (QED) is 0.219. The maximum Gasteiger partial charge on any atom is 0.266 e. The Labute approximate surface area is 280 Å². The second-order valence-corrected chi connectivity index (χ2v) is 13.9. The molecule has 0 unspecified atom stereocenters.